The molecule has 88 valence electrons. The Bertz CT molecular complexity index is 716. The number of halogens is 1. The Morgan fingerprint density at radius 1 is 1.00 bits per heavy atom. The Morgan fingerprint density at radius 2 is 1.78 bits per heavy atom. The number of ketones is 1. The van der Waals surface area contributed by atoms with Crippen LogP contribution in [-0.2, 0) is 0 Å². The summed E-state index contributed by atoms with van der Waals surface area (Å²) in [5.74, 6) is 0.0166. The van der Waals surface area contributed by atoms with Crippen LogP contribution in [0.5, 0.6) is 0 Å². The molecule has 0 atom stereocenters. The van der Waals surface area contributed by atoms with E-state index in [0.29, 0.717) is 11.3 Å². The maximum Gasteiger partial charge on any atom is 0.209 e. The number of rotatable bonds is 2. The molecule has 3 heteroatoms. The topological polar surface area (TPSA) is 32.9 Å². The van der Waals surface area contributed by atoms with Gasteiger partial charge in [0.05, 0.1) is 5.69 Å². The Kier molecular flexibility index (Phi) is 2.76. The van der Waals surface area contributed by atoms with Gasteiger partial charge in [-0.1, -0.05) is 46.3 Å². The number of fused-ring (bicyclic) bond motifs is 1. The van der Waals surface area contributed by atoms with Crippen molar-refractivity contribution in [3.8, 4) is 0 Å². The number of carbonyl (C=O) groups excluding carboxylic acids is 1. The normalized spacial score (nSPS) is 10.7. The molecule has 0 aliphatic heterocycles. The fourth-order valence-electron chi connectivity index (χ4n) is 1.97. The first-order chi connectivity index (χ1) is 8.74. The quantitative estimate of drug-likeness (QED) is 0.708. The highest BCUT2D eigenvalue weighted by Gasteiger charge is 2.11. The highest BCUT2D eigenvalue weighted by molar-refractivity contribution is 9.10. The van der Waals surface area contributed by atoms with Crippen LogP contribution in [0, 0.1) is 0 Å². The summed E-state index contributed by atoms with van der Waals surface area (Å²) in [4.78, 5) is 15.4. The van der Waals surface area contributed by atoms with E-state index < -0.39 is 0 Å². The Labute approximate surface area is 113 Å². The van der Waals surface area contributed by atoms with Crippen molar-refractivity contribution in [3.63, 3.8) is 0 Å². The largest absolute Gasteiger partial charge is 0.352 e. The smallest absolute Gasteiger partial charge is 0.209 e. The SMILES string of the molecule is O=C(c1ccccc1)c1cc2cc(Br)ccc2[nH]1. The van der Waals surface area contributed by atoms with E-state index in [9.17, 15) is 4.79 Å². The summed E-state index contributed by atoms with van der Waals surface area (Å²) >= 11 is 3.42. The standard InChI is InChI=1S/C15H10BrNO/c16-12-6-7-13-11(8-12)9-14(17-13)15(18)10-4-2-1-3-5-10/h1-9,17H. The molecular weight excluding hydrogens is 290 g/mol. The monoisotopic (exact) mass is 299 g/mol. The second kappa shape index (κ2) is 4.42. The van der Waals surface area contributed by atoms with Crippen LogP contribution in [0.15, 0.2) is 59.1 Å². The second-order valence-corrected chi connectivity index (χ2v) is 5.03. The van der Waals surface area contributed by atoms with Gasteiger partial charge in [-0.3, -0.25) is 4.79 Å². The molecule has 2 aromatic carbocycles. The first kappa shape index (κ1) is 11.2. The van der Waals surface area contributed by atoms with E-state index in [4.69, 9.17) is 0 Å². The van der Waals surface area contributed by atoms with Crippen LogP contribution in [0.2, 0.25) is 0 Å². The van der Waals surface area contributed by atoms with E-state index >= 15 is 0 Å². The molecule has 0 aliphatic carbocycles. The molecule has 1 aromatic heterocycles. The van der Waals surface area contributed by atoms with Crippen molar-refractivity contribution in [1.82, 2.24) is 4.98 Å². The van der Waals surface area contributed by atoms with Gasteiger partial charge < -0.3 is 4.98 Å². The van der Waals surface area contributed by atoms with Crippen LogP contribution < -0.4 is 0 Å². The maximum absolute atomic E-state index is 12.3. The van der Waals surface area contributed by atoms with Crippen molar-refractivity contribution in [2.75, 3.05) is 0 Å². The van der Waals surface area contributed by atoms with Crippen LogP contribution in [0.25, 0.3) is 10.9 Å². The molecule has 0 unspecified atom stereocenters. The van der Waals surface area contributed by atoms with Gasteiger partial charge in [-0.25, -0.2) is 0 Å². The minimum absolute atomic E-state index is 0.0166. The Morgan fingerprint density at radius 3 is 2.56 bits per heavy atom. The third-order valence-electron chi connectivity index (χ3n) is 2.86. The maximum atomic E-state index is 12.3. The summed E-state index contributed by atoms with van der Waals surface area (Å²) < 4.78 is 1.01. The van der Waals surface area contributed by atoms with Gasteiger partial charge in [0.2, 0.25) is 5.78 Å². The number of benzene rings is 2. The minimum Gasteiger partial charge on any atom is -0.352 e. The summed E-state index contributed by atoms with van der Waals surface area (Å²) in [6, 6.07) is 17.1. The van der Waals surface area contributed by atoms with Gasteiger partial charge in [0, 0.05) is 20.9 Å². The first-order valence-corrected chi connectivity index (χ1v) is 6.41. The molecule has 0 bridgehead atoms. The minimum atomic E-state index is 0.0166. The van der Waals surface area contributed by atoms with Gasteiger partial charge in [-0.05, 0) is 24.3 Å². The van der Waals surface area contributed by atoms with Gasteiger partial charge in [0.15, 0.2) is 0 Å². The van der Waals surface area contributed by atoms with Crippen LogP contribution in [0.4, 0.5) is 0 Å². The van der Waals surface area contributed by atoms with Crippen molar-refractivity contribution >= 4 is 32.6 Å². The van der Waals surface area contributed by atoms with E-state index in [-0.39, 0.29) is 5.78 Å². The molecule has 1 heterocycles. The highest BCUT2D eigenvalue weighted by Crippen LogP contribution is 2.21. The van der Waals surface area contributed by atoms with Gasteiger partial charge >= 0.3 is 0 Å². The molecule has 0 radical (unpaired) electrons. The number of carbonyl (C=O) groups is 1. The van der Waals surface area contributed by atoms with E-state index in [1.54, 1.807) is 0 Å². The predicted molar refractivity (Wildman–Crippen MR) is 75.9 cm³/mol. The summed E-state index contributed by atoms with van der Waals surface area (Å²) in [6.45, 7) is 0. The van der Waals surface area contributed by atoms with Crippen molar-refractivity contribution in [3.05, 3.63) is 70.3 Å². The summed E-state index contributed by atoms with van der Waals surface area (Å²) in [5, 5.41) is 1.03. The third-order valence-corrected chi connectivity index (χ3v) is 3.36. The molecule has 18 heavy (non-hydrogen) atoms. The van der Waals surface area contributed by atoms with Crippen LogP contribution in [0.3, 0.4) is 0 Å². The average molecular weight is 300 g/mol. The molecule has 0 saturated heterocycles. The fraction of sp³-hybridized carbons (Fsp3) is 0. The van der Waals surface area contributed by atoms with Gasteiger partial charge in [0.25, 0.3) is 0 Å². The van der Waals surface area contributed by atoms with E-state index in [1.807, 2.05) is 54.6 Å². The number of nitrogens with one attached hydrogen (secondary N) is 1. The highest BCUT2D eigenvalue weighted by atomic mass is 79.9. The second-order valence-electron chi connectivity index (χ2n) is 4.11. The molecule has 0 fully saturated rings. The lowest BCUT2D eigenvalue weighted by atomic mass is 10.1. The van der Waals surface area contributed by atoms with Crippen molar-refractivity contribution in [1.29, 1.82) is 0 Å². The van der Waals surface area contributed by atoms with Gasteiger partial charge in [0.1, 0.15) is 0 Å². The molecule has 0 saturated carbocycles. The zero-order chi connectivity index (χ0) is 12.5. The lowest BCUT2D eigenvalue weighted by Crippen LogP contribution is -2.00. The zero-order valence-electron chi connectivity index (χ0n) is 9.48. The molecule has 0 amide bonds. The first-order valence-electron chi connectivity index (χ1n) is 5.62. The fourth-order valence-corrected chi connectivity index (χ4v) is 2.35. The molecule has 3 rings (SSSR count). The van der Waals surface area contributed by atoms with E-state index in [2.05, 4.69) is 20.9 Å². The lowest BCUT2D eigenvalue weighted by molar-refractivity contribution is 0.103. The third kappa shape index (κ3) is 1.97. The van der Waals surface area contributed by atoms with Crippen molar-refractivity contribution < 1.29 is 4.79 Å². The van der Waals surface area contributed by atoms with Gasteiger partial charge in [-0.15, -0.1) is 0 Å². The van der Waals surface area contributed by atoms with Crippen molar-refractivity contribution in [2.24, 2.45) is 0 Å². The van der Waals surface area contributed by atoms with Gasteiger partial charge in [-0.2, -0.15) is 0 Å². The molecular formula is C15H10BrNO. The summed E-state index contributed by atoms with van der Waals surface area (Å²) in [6.07, 6.45) is 0. The summed E-state index contributed by atoms with van der Waals surface area (Å²) in [5.41, 5.74) is 2.29. The van der Waals surface area contributed by atoms with Crippen molar-refractivity contribution in [2.45, 2.75) is 0 Å². The van der Waals surface area contributed by atoms with Crippen LogP contribution in [-0.4, -0.2) is 10.8 Å². The van der Waals surface area contributed by atoms with Crippen LogP contribution in [0.1, 0.15) is 16.1 Å². The molecule has 0 aliphatic rings. The molecule has 0 spiro atoms. The molecule has 2 nitrogen and oxygen atoms in total. The number of aromatic nitrogens is 1. The number of hydrogen-bond donors (Lipinski definition) is 1. The van der Waals surface area contributed by atoms with E-state index in [0.717, 1.165) is 15.4 Å². The molecule has 1 N–H and O–H groups in total. The van der Waals surface area contributed by atoms with E-state index in [1.165, 1.54) is 0 Å². The average Bonchev–Trinajstić information content (AvgIpc) is 2.81. The number of aromatic amines is 1. The Hall–Kier alpha value is -1.87. The Balaban J connectivity index is 2.07. The predicted octanol–water partition coefficient (Wildman–Crippen LogP) is 4.16. The summed E-state index contributed by atoms with van der Waals surface area (Å²) in [7, 11) is 0. The molecule has 3 aromatic rings. The lowest BCUT2D eigenvalue weighted by Gasteiger charge is -1.96. The van der Waals surface area contributed by atoms with Crippen LogP contribution >= 0.6 is 15.9 Å². The number of H-pyrrole nitrogens is 1. The number of hydrogen-bond acceptors (Lipinski definition) is 1. The zero-order valence-corrected chi connectivity index (χ0v) is 11.1.